The second-order valence-corrected chi connectivity index (χ2v) is 6.21. The summed E-state index contributed by atoms with van der Waals surface area (Å²) in [6, 6.07) is 4.23. The molecular weight excluding hydrogens is 331 g/mol. The van der Waals surface area contributed by atoms with Crippen LogP contribution < -0.4 is 4.74 Å². The summed E-state index contributed by atoms with van der Waals surface area (Å²) >= 11 is 1.34. The van der Waals surface area contributed by atoms with E-state index in [2.05, 4.69) is 4.98 Å². The molecule has 0 bridgehead atoms. The number of hydrogen-bond donors (Lipinski definition) is 0. The van der Waals surface area contributed by atoms with Crippen LogP contribution >= 0.6 is 11.8 Å². The van der Waals surface area contributed by atoms with Crippen molar-refractivity contribution >= 4 is 17.5 Å². The lowest BCUT2D eigenvalue weighted by molar-refractivity contribution is 0.102. The number of ketones is 1. The van der Waals surface area contributed by atoms with Crippen molar-refractivity contribution in [2.45, 2.75) is 25.5 Å². The fraction of sp³-hybridized carbons (Fsp3) is 0.412. The summed E-state index contributed by atoms with van der Waals surface area (Å²) < 4.78 is 25.7. The molecule has 130 valence electrons. The van der Waals surface area contributed by atoms with Crippen molar-refractivity contribution in [2.24, 2.45) is 0 Å². The van der Waals surface area contributed by atoms with Crippen LogP contribution in [-0.2, 0) is 11.3 Å². The molecule has 0 spiro atoms. The molecule has 0 aliphatic rings. The summed E-state index contributed by atoms with van der Waals surface area (Å²) in [5, 5.41) is 0.768. The van der Waals surface area contributed by atoms with Gasteiger partial charge >= 0.3 is 0 Å². The van der Waals surface area contributed by atoms with Gasteiger partial charge in [-0.1, -0.05) is 11.8 Å². The van der Waals surface area contributed by atoms with Gasteiger partial charge in [-0.05, 0) is 32.0 Å². The number of aryl methyl sites for hydroxylation is 1. The molecule has 0 fully saturated rings. The second kappa shape index (κ2) is 8.30. The molecule has 1 aromatic heterocycles. The number of carbonyl (C=O) groups is 1. The van der Waals surface area contributed by atoms with E-state index >= 15 is 0 Å². The van der Waals surface area contributed by atoms with E-state index in [1.54, 1.807) is 13.2 Å². The maximum absolute atomic E-state index is 13.7. The van der Waals surface area contributed by atoms with Crippen LogP contribution in [0.3, 0.4) is 0 Å². The summed E-state index contributed by atoms with van der Waals surface area (Å²) in [7, 11) is 3.04. The van der Waals surface area contributed by atoms with Crippen molar-refractivity contribution in [3.63, 3.8) is 0 Å². The molecule has 0 N–H and O–H groups in total. The minimum absolute atomic E-state index is 0.126. The topological polar surface area (TPSA) is 53.4 Å². The lowest BCUT2D eigenvalue weighted by atomic mass is 10.1. The van der Waals surface area contributed by atoms with E-state index in [1.165, 1.54) is 31.0 Å². The zero-order valence-corrected chi connectivity index (χ0v) is 15.1. The lowest BCUT2D eigenvalue weighted by Crippen LogP contribution is -2.09. The highest BCUT2D eigenvalue weighted by Gasteiger charge is 2.15. The SMILES string of the molecule is COCCn1c(SCC(=O)c2ccc(OC)c(F)c2)nc(C)c1C. The van der Waals surface area contributed by atoms with Crippen molar-refractivity contribution in [1.82, 2.24) is 9.55 Å². The maximum atomic E-state index is 13.7. The van der Waals surface area contributed by atoms with E-state index in [1.807, 2.05) is 18.4 Å². The highest BCUT2D eigenvalue weighted by Crippen LogP contribution is 2.23. The first-order valence-corrected chi connectivity index (χ1v) is 8.48. The van der Waals surface area contributed by atoms with Crippen LogP contribution in [0.2, 0.25) is 0 Å². The smallest absolute Gasteiger partial charge is 0.173 e. The van der Waals surface area contributed by atoms with Gasteiger partial charge in [0.05, 0.1) is 25.2 Å². The largest absolute Gasteiger partial charge is 0.494 e. The number of methoxy groups -OCH3 is 2. The summed E-state index contributed by atoms with van der Waals surface area (Å²) in [5.74, 6) is -0.380. The third-order valence-corrected chi connectivity index (χ3v) is 4.72. The number of Topliss-reactive ketones (excluding diaryl/α,β-unsaturated/α-hetero) is 1. The number of ether oxygens (including phenoxy) is 2. The first-order valence-electron chi connectivity index (χ1n) is 7.50. The van der Waals surface area contributed by atoms with Gasteiger partial charge < -0.3 is 14.0 Å². The lowest BCUT2D eigenvalue weighted by Gasteiger charge is -2.09. The number of aromatic nitrogens is 2. The number of rotatable bonds is 8. The third kappa shape index (κ3) is 4.15. The van der Waals surface area contributed by atoms with E-state index in [0.29, 0.717) is 18.7 Å². The fourth-order valence-corrected chi connectivity index (χ4v) is 3.25. The molecule has 2 rings (SSSR count). The van der Waals surface area contributed by atoms with E-state index in [0.717, 1.165) is 16.5 Å². The van der Waals surface area contributed by atoms with Crippen molar-refractivity contribution < 1.29 is 18.7 Å². The average Bonchev–Trinajstić information content (AvgIpc) is 2.84. The molecule has 0 radical (unpaired) electrons. The average molecular weight is 352 g/mol. The Bertz CT molecular complexity index is 731. The van der Waals surface area contributed by atoms with Crippen LogP contribution in [0.15, 0.2) is 23.4 Å². The van der Waals surface area contributed by atoms with Crippen molar-refractivity contribution in [3.05, 3.63) is 41.0 Å². The van der Waals surface area contributed by atoms with Crippen LogP contribution in [-0.4, -0.2) is 41.9 Å². The molecule has 24 heavy (non-hydrogen) atoms. The Hall–Kier alpha value is -1.86. The van der Waals surface area contributed by atoms with Gasteiger partial charge in [0.15, 0.2) is 22.5 Å². The number of carbonyl (C=O) groups excluding carboxylic acids is 1. The first-order chi connectivity index (χ1) is 11.5. The number of imidazole rings is 1. The van der Waals surface area contributed by atoms with Crippen molar-refractivity contribution in [3.8, 4) is 5.75 Å². The number of thioether (sulfide) groups is 1. The summed E-state index contributed by atoms with van der Waals surface area (Å²) in [6.07, 6.45) is 0. The molecule has 5 nitrogen and oxygen atoms in total. The summed E-state index contributed by atoms with van der Waals surface area (Å²) in [6.45, 7) is 5.17. The van der Waals surface area contributed by atoms with Crippen LogP contribution in [0.5, 0.6) is 5.75 Å². The third-order valence-electron chi connectivity index (χ3n) is 3.75. The predicted molar refractivity (Wildman–Crippen MR) is 91.6 cm³/mol. The van der Waals surface area contributed by atoms with Crippen molar-refractivity contribution in [2.75, 3.05) is 26.6 Å². The molecule has 0 saturated carbocycles. The van der Waals surface area contributed by atoms with Crippen molar-refractivity contribution in [1.29, 1.82) is 0 Å². The van der Waals surface area contributed by atoms with Crippen LogP contribution in [0.4, 0.5) is 4.39 Å². The van der Waals surface area contributed by atoms with Crippen LogP contribution in [0.25, 0.3) is 0 Å². The minimum Gasteiger partial charge on any atom is -0.494 e. The van der Waals surface area contributed by atoms with Crippen LogP contribution in [0.1, 0.15) is 21.7 Å². The molecule has 7 heteroatoms. The molecule has 1 aromatic carbocycles. The Morgan fingerprint density at radius 1 is 1.33 bits per heavy atom. The quantitative estimate of drug-likeness (QED) is 0.539. The van der Waals surface area contributed by atoms with Gasteiger partial charge in [0.1, 0.15) is 0 Å². The van der Waals surface area contributed by atoms with E-state index in [9.17, 15) is 9.18 Å². The standard InChI is InChI=1S/C17H21FN2O3S/c1-11-12(2)20(7-8-22-3)17(19-11)24-10-15(21)13-5-6-16(23-4)14(18)9-13/h5-6,9H,7-8,10H2,1-4H3. The summed E-state index contributed by atoms with van der Waals surface area (Å²) in [5.41, 5.74) is 2.30. The van der Waals surface area contributed by atoms with Gasteiger partial charge in [0.25, 0.3) is 0 Å². The zero-order valence-electron chi connectivity index (χ0n) is 14.3. The van der Waals surface area contributed by atoms with Gasteiger partial charge in [-0.3, -0.25) is 4.79 Å². The number of hydrogen-bond acceptors (Lipinski definition) is 5. The van der Waals surface area contributed by atoms with E-state index in [4.69, 9.17) is 9.47 Å². The van der Waals surface area contributed by atoms with Gasteiger partial charge in [0, 0.05) is 24.9 Å². The number of benzene rings is 1. The predicted octanol–water partition coefficient (Wildman–Crippen LogP) is 3.27. The Morgan fingerprint density at radius 3 is 2.71 bits per heavy atom. The maximum Gasteiger partial charge on any atom is 0.173 e. The van der Waals surface area contributed by atoms with Crippen LogP contribution in [0, 0.1) is 19.7 Å². The Morgan fingerprint density at radius 2 is 2.08 bits per heavy atom. The Balaban J connectivity index is 2.09. The molecule has 0 saturated heterocycles. The first kappa shape index (κ1) is 18.5. The number of nitrogens with zero attached hydrogens (tertiary/aromatic N) is 2. The Kier molecular flexibility index (Phi) is 6.39. The minimum atomic E-state index is -0.540. The highest BCUT2D eigenvalue weighted by molar-refractivity contribution is 7.99. The fourth-order valence-electron chi connectivity index (χ4n) is 2.23. The summed E-state index contributed by atoms with van der Waals surface area (Å²) in [4.78, 5) is 16.8. The molecule has 0 aliphatic heterocycles. The van der Waals surface area contributed by atoms with Gasteiger partial charge in [0.2, 0.25) is 0 Å². The molecule has 0 aliphatic carbocycles. The molecule has 1 heterocycles. The monoisotopic (exact) mass is 352 g/mol. The number of halogens is 1. The van der Waals surface area contributed by atoms with E-state index < -0.39 is 5.82 Å². The molecule has 2 aromatic rings. The highest BCUT2D eigenvalue weighted by atomic mass is 32.2. The Labute approximate surface area is 145 Å². The normalized spacial score (nSPS) is 10.9. The van der Waals surface area contributed by atoms with Gasteiger partial charge in [-0.2, -0.15) is 0 Å². The van der Waals surface area contributed by atoms with Gasteiger partial charge in [-0.25, -0.2) is 9.37 Å². The molecular formula is C17H21FN2O3S. The molecule has 0 amide bonds. The molecule has 0 unspecified atom stereocenters. The zero-order chi connectivity index (χ0) is 17.7. The van der Waals surface area contributed by atoms with E-state index in [-0.39, 0.29) is 17.3 Å². The molecule has 0 atom stereocenters. The van der Waals surface area contributed by atoms with Gasteiger partial charge in [-0.15, -0.1) is 0 Å². The second-order valence-electron chi connectivity index (χ2n) is 5.27.